The monoisotopic (exact) mass is 657 g/mol. The van der Waals surface area contributed by atoms with Crippen LogP contribution in [0.2, 0.25) is 5.02 Å². The Hall–Kier alpha value is -4.97. The van der Waals surface area contributed by atoms with E-state index >= 15 is 0 Å². The lowest BCUT2D eigenvalue weighted by atomic mass is 9.96. The van der Waals surface area contributed by atoms with Gasteiger partial charge < -0.3 is 21.8 Å². The Balaban J connectivity index is 1.60. The van der Waals surface area contributed by atoms with Gasteiger partial charge in [-0.25, -0.2) is 10.8 Å². The maximum absolute atomic E-state index is 13.8. The number of aromatic nitrogens is 3. The van der Waals surface area contributed by atoms with Gasteiger partial charge in [0, 0.05) is 46.2 Å². The predicted molar refractivity (Wildman–Crippen MR) is 183 cm³/mol. The molecule has 2 bridgehead atoms. The van der Waals surface area contributed by atoms with Gasteiger partial charge in [-0.3, -0.25) is 24.1 Å². The Morgan fingerprint density at radius 3 is 2.61 bits per heavy atom. The van der Waals surface area contributed by atoms with Crippen molar-refractivity contribution in [2.45, 2.75) is 32.2 Å². The van der Waals surface area contributed by atoms with Crippen molar-refractivity contribution in [3.8, 4) is 11.3 Å². The van der Waals surface area contributed by atoms with E-state index in [1.54, 1.807) is 35.0 Å². The van der Waals surface area contributed by atoms with E-state index in [9.17, 15) is 9.59 Å². The first-order valence-corrected chi connectivity index (χ1v) is 15.3. The molecule has 2 aromatic heterocycles. The molecule has 13 heteroatoms. The van der Waals surface area contributed by atoms with Crippen molar-refractivity contribution in [3.05, 3.63) is 123 Å². The summed E-state index contributed by atoms with van der Waals surface area (Å²) in [5, 5.41) is 16.1. The van der Waals surface area contributed by atoms with Crippen molar-refractivity contribution in [2.24, 2.45) is 17.5 Å². The molecule has 0 spiro atoms. The second kappa shape index (κ2) is 14.4. The Morgan fingerprint density at radius 1 is 1.11 bits per heavy atom. The van der Waals surface area contributed by atoms with Crippen LogP contribution in [0.3, 0.4) is 0 Å². The maximum atomic E-state index is 13.8. The van der Waals surface area contributed by atoms with Crippen molar-refractivity contribution >= 4 is 52.4 Å². The number of anilines is 2. The minimum atomic E-state index is -0.492. The number of hydrogen-bond acceptors (Lipinski definition) is 9. The zero-order chi connectivity index (χ0) is 32.8. The highest BCUT2D eigenvalue weighted by molar-refractivity contribution is 6.31. The Kier molecular flexibility index (Phi) is 10.2. The third-order valence-corrected chi connectivity index (χ3v) is 7.97. The molecule has 0 aliphatic carbocycles. The average molecular weight is 659 g/mol. The third kappa shape index (κ3) is 7.45. The smallest absolute Gasteiger partial charge is 0.254 e. The summed E-state index contributed by atoms with van der Waals surface area (Å²) in [4.78, 5) is 36.3. The van der Waals surface area contributed by atoms with Crippen LogP contribution in [-0.4, -0.2) is 26.7 Å². The second-order valence-electron chi connectivity index (χ2n) is 10.8. The van der Waals surface area contributed by atoms with Gasteiger partial charge in [0.25, 0.3) is 5.56 Å². The lowest BCUT2D eigenvalue weighted by Crippen LogP contribution is -2.31. The van der Waals surface area contributed by atoms with Crippen LogP contribution in [0.1, 0.15) is 43.5 Å². The van der Waals surface area contributed by atoms with Gasteiger partial charge >= 0.3 is 0 Å². The fourth-order valence-corrected chi connectivity index (χ4v) is 5.56. The number of nitrogens with two attached hydrogens (primary N) is 2. The normalized spacial score (nSPS) is 19.0. The van der Waals surface area contributed by atoms with Gasteiger partial charge in [0.05, 0.1) is 47.0 Å². The first kappa shape index (κ1) is 32.4. The molecule has 46 heavy (non-hydrogen) atoms. The van der Waals surface area contributed by atoms with Crippen LogP contribution in [0.15, 0.2) is 101 Å². The van der Waals surface area contributed by atoms with Crippen LogP contribution in [0.4, 0.5) is 11.4 Å². The van der Waals surface area contributed by atoms with E-state index < -0.39 is 6.04 Å². The Bertz CT molecular complexity index is 1870. The van der Waals surface area contributed by atoms with Crippen LogP contribution >= 0.6 is 23.2 Å². The number of halogens is 2. The average Bonchev–Trinajstić information content (AvgIpc) is 3.04. The lowest BCUT2D eigenvalue weighted by molar-refractivity contribution is -0.123. The van der Waals surface area contributed by atoms with E-state index in [0.717, 1.165) is 11.9 Å². The van der Waals surface area contributed by atoms with Gasteiger partial charge in [-0.2, -0.15) is 0 Å². The third-order valence-electron chi connectivity index (χ3n) is 7.63. The quantitative estimate of drug-likeness (QED) is 0.0741. The van der Waals surface area contributed by atoms with Gasteiger partial charge in [0.1, 0.15) is 5.16 Å². The molecule has 2 unspecified atom stereocenters. The molecule has 0 fully saturated rings. The largest absolute Gasteiger partial charge is 0.388 e. The highest BCUT2D eigenvalue weighted by atomic mass is 35.5. The molecule has 11 nitrogen and oxygen atoms in total. The Morgan fingerprint density at radius 2 is 1.89 bits per heavy atom. The summed E-state index contributed by atoms with van der Waals surface area (Å²) >= 11 is 12.1. The van der Waals surface area contributed by atoms with Gasteiger partial charge in [0.2, 0.25) is 5.91 Å². The fourth-order valence-electron chi connectivity index (χ4n) is 5.28. The number of amides is 1. The van der Waals surface area contributed by atoms with Crippen LogP contribution in [-0.2, 0) is 4.79 Å². The number of hydrogen-bond donors (Lipinski definition) is 5. The van der Waals surface area contributed by atoms with E-state index in [0.29, 0.717) is 63.9 Å². The summed E-state index contributed by atoms with van der Waals surface area (Å²) in [6.45, 7) is 1.85. The zero-order valence-electron chi connectivity index (χ0n) is 25.0. The van der Waals surface area contributed by atoms with Gasteiger partial charge in [0.15, 0.2) is 0 Å². The lowest BCUT2D eigenvalue weighted by Gasteiger charge is -2.24. The summed E-state index contributed by atoms with van der Waals surface area (Å²) in [6.07, 6.45) is 7.30. The minimum Gasteiger partial charge on any atom is -0.388 e. The van der Waals surface area contributed by atoms with Crippen molar-refractivity contribution in [2.75, 3.05) is 10.3 Å². The number of nitrogens with one attached hydrogen (secondary N) is 3. The highest BCUT2D eigenvalue weighted by Gasteiger charge is 2.24. The number of fused-ring (bicyclic) bond motifs is 2. The molecule has 2 atom stereocenters. The summed E-state index contributed by atoms with van der Waals surface area (Å²) in [7, 11) is 0. The molecule has 1 amide bonds. The van der Waals surface area contributed by atoms with E-state index in [1.807, 2.05) is 43.3 Å². The number of rotatable bonds is 7. The minimum absolute atomic E-state index is 0.0273. The summed E-state index contributed by atoms with van der Waals surface area (Å²) < 4.78 is 1.54. The number of hydrazine groups is 1. The first-order chi connectivity index (χ1) is 22.1. The van der Waals surface area contributed by atoms with Crippen LogP contribution in [0, 0.1) is 11.3 Å². The standard InChI is InChI=1S/C33H33Cl2N9O2/c1-20-6-5-9-29(43-19-40-25(16-31(43)45)24-15-22(34)10-11-28(24)44(38)18-30(35)37)26-14-21(12-13-39-26)32(27(17-36)42-33(20)46)41-23-7-3-2-4-8-23/h2-4,7-8,10-20,29,36,41H,5-6,9,37-38H2,1H3,(H,42,46)/b30-18-,32-27+,36-17?. The molecule has 5 rings (SSSR count). The van der Waals surface area contributed by atoms with Crippen LogP contribution in [0.5, 0.6) is 0 Å². The molecule has 1 aliphatic rings. The van der Waals surface area contributed by atoms with Gasteiger partial charge in [-0.05, 0) is 55.3 Å². The Labute approximate surface area is 276 Å². The molecular formula is C33H33Cl2N9O2. The molecule has 0 saturated heterocycles. The molecule has 2 aromatic carbocycles. The van der Waals surface area contributed by atoms with E-state index in [-0.39, 0.29) is 22.5 Å². The molecule has 0 saturated carbocycles. The number of para-hydroxylation sites is 1. The summed E-state index contributed by atoms with van der Waals surface area (Å²) in [6, 6.07) is 19.0. The number of carbonyl (C=O) groups is 1. The second-order valence-corrected chi connectivity index (χ2v) is 11.7. The predicted octanol–water partition coefficient (Wildman–Crippen LogP) is 5.59. The summed E-state index contributed by atoms with van der Waals surface area (Å²) in [5.41, 5.74) is 9.56. The summed E-state index contributed by atoms with van der Waals surface area (Å²) in [5.74, 6) is 5.63. The number of benzene rings is 2. The zero-order valence-corrected chi connectivity index (χ0v) is 26.5. The van der Waals surface area contributed by atoms with Crippen molar-refractivity contribution in [1.82, 2.24) is 19.9 Å². The SMILES string of the molecule is CC1CCCC(n2cnc(-c3cc(Cl)ccc3N(N)/C=C(\N)Cl)cc2=O)c2cc(ccn2)/C(Nc2ccccc2)=C(/C=N)NC1=O. The molecule has 4 aromatic rings. The molecule has 0 radical (unpaired) electrons. The van der Waals surface area contributed by atoms with Crippen LogP contribution in [0.25, 0.3) is 17.0 Å². The molecule has 236 valence electrons. The number of nitrogens with zero attached hydrogens (tertiary/aromatic N) is 4. The topological polar surface area (TPSA) is 168 Å². The van der Waals surface area contributed by atoms with Crippen LogP contribution < -0.4 is 32.8 Å². The fraction of sp³-hybridized carbons (Fsp3) is 0.182. The van der Waals surface area contributed by atoms with Gasteiger partial charge in [-0.1, -0.05) is 54.7 Å². The number of carbonyl (C=O) groups excluding carboxylic acids is 1. The highest BCUT2D eigenvalue weighted by Crippen LogP contribution is 2.32. The molecule has 3 heterocycles. The van der Waals surface area contributed by atoms with E-state index in [2.05, 4.69) is 20.6 Å². The van der Waals surface area contributed by atoms with Crippen molar-refractivity contribution < 1.29 is 4.79 Å². The van der Waals surface area contributed by atoms with Crippen molar-refractivity contribution in [1.29, 1.82) is 5.41 Å². The first-order valence-electron chi connectivity index (χ1n) is 14.5. The molecular weight excluding hydrogens is 625 g/mol. The van der Waals surface area contributed by atoms with E-state index in [1.165, 1.54) is 23.6 Å². The van der Waals surface area contributed by atoms with Gasteiger partial charge in [-0.15, -0.1) is 0 Å². The number of allylic oxidation sites excluding steroid dienone is 1. The van der Waals surface area contributed by atoms with E-state index in [4.69, 9.17) is 40.2 Å². The molecule has 7 N–H and O–H groups in total. The molecule has 1 aliphatic heterocycles. The maximum Gasteiger partial charge on any atom is 0.254 e. The number of pyridine rings is 1. The van der Waals surface area contributed by atoms with Crippen molar-refractivity contribution in [3.63, 3.8) is 0 Å².